The molecule has 2 amide bonds. The Balaban J connectivity index is 1.35. The molecule has 2 aromatic rings. The van der Waals surface area contributed by atoms with Gasteiger partial charge in [0.1, 0.15) is 13.2 Å². The maximum absolute atomic E-state index is 12.2. The van der Waals surface area contributed by atoms with Crippen molar-refractivity contribution >= 4 is 23.4 Å². The predicted octanol–water partition coefficient (Wildman–Crippen LogP) is 2.88. The second kappa shape index (κ2) is 7.47. The van der Waals surface area contributed by atoms with E-state index in [1.54, 1.807) is 30.6 Å². The molecule has 2 aliphatic heterocycles. The molecule has 136 valence electrons. The highest BCUT2D eigenvalue weighted by Gasteiger charge is 2.14. The minimum absolute atomic E-state index is 0.365. The van der Waals surface area contributed by atoms with Gasteiger partial charge in [-0.25, -0.2) is 14.8 Å². The van der Waals surface area contributed by atoms with Crippen LogP contribution in [-0.2, 0) is 0 Å². The first-order chi connectivity index (χ1) is 12.8. The van der Waals surface area contributed by atoms with Crippen LogP contribution in [0.25, 0.3) is 0 Å². The number of nitrogens with one attached hydrogen (secondary N) is 2. The molecule has 1 aromatic heterocycles. The van der Waals surface area contributed by atoms with E-state index < -0.39 is 0 Å². The number of amides is 2. The summed E-state index contributed by atoms with van der Waals surface area (Å²) in [6, 6.07) is 4.92. The Morgan fingerprint density at radius 1 is 0.923 bits per heavy atom. The Hall–Kier alpha value is -3.03. The second-order valence-electron chi connectivity index (χ2n) is 6.26. The van der Waals surface area contributed by atoms with Crippen LogP contribution in [0.1, 0.15) is 19.3 Å². The van der Waals surface area contributed by atoms with Crippen molar-refractivity contribution in [1.82, 2.24) is 9.97 Å². The number of hydrogen-bond donors (Lipinski definition) is 2. The Kier molecular flexibility index (Phi) is 4.72. The zero-order chi connectivity index (χ0) is 17.8. The first-order valence-electron chi connectivity index (χ1n) is 8.82. The number of aromatic nitrogens is 2. The van der Waals surface area contributed by atoms with Gasteiger partial charge in [0, 0.05) is 24.8 Å². The number of nitrogens with zero attached hydrogens (tertiary/aromatic N) is 3. The summed E-state index contributed by atoms with van der Waals surface area (Å²) in [6.07, 6.45) is 6.85. The van der Waals surface area contributed by atoms with Crippen LogP contribution in [0.4, 0.5) is 22.1 Å². The van der Waals surface area contributed by atoms with E-state index in [0.29, 0.717) is 42.0 Å². The molecule has 8 heteroatoms. The Morgan fingerprint density at radius 3 is 2.38 bits per heavy atom. The summed E-state index contributed by atoms with van der Waals surface area (Å²) in [5, 5.41) is 5.50. The Bertz CT molecular complexity index is 775. The molecule has 0 aliphatic carbocycles. The summed E-state index contributed by atoms with van der Waals surface area (Å²) < 4.78 is 11.0. The van der Waals surface area contributed by atoms with Gasteiger partial charge in [0.2, 0.25) is 5.95 Å². The molecular weight excluding hydrogens is 334 g/mol. The third-order valence-electron chi connectivity index (χ3n) is 4.34. The highest BCUT2D eigenvalue weighted by Crippen LogP contribution is 2.32. The van der Waals surface area contributed by atoms with Crippen LogP contribution >= 0.6 is 0 Å². The number of anilines is 3. The number of rotatable bonds is 3. The molecule has 0 spiro atoms. The molecule has 0 saturated carbocycles. The fourth-order valence-electron chi connectivity index (χ4n) is 3.06. The maximum atomic E-state index is 12.2. The van der Waals surface area contributed by atoms with Crippen molar-refractivity contribution in [3.63, 3.8) is 0 Å². The summed E-state index contributed by atoms with van der Waals surface area (Å²) >= 11 is 0. The maximum Gasteiger partial charge on any atom is 0.323 e. The highest BCUT2D eigenvalue weighted by molar-refractivity contribution is 5.99. The number of carbonyl (C=O) groups excluding carboxylic acids is 1. The third-order valence-corrected chi connectivity index (χ3v) is 4.34. The average Bonchev–Trinajstić information content (AvgIpc) is 2.69. The molecule has 3 heterocycles. The van der Waals surface area contributed by atoms with Crippen molar-refractivity contribution < 1.29 is 14.3 Å². The lowest BCUT2D eigenvalue weighted by atomic mass is 10.1. The molecule has 4 rings (SSSR count). The molecule has 0 bridgehead atoms. The van der Waals surface area contributed by atoms with Gasteiger partial charge >= 0.3 is 6.03 Å². The Morgan fingerprint density at radius 2 is 1.62 bits per heavy atom. The lowest BCUT2D eigenvalue weighted by Gasteiger charge is -2.26. The number of fused-ring (bicyclic) bond motifs is 1. The minimum Gasteiger partial charge on any atom is -0.486 e. The monoisotopic (exact) mass is 355 g/mol. The topological polar surface area (TPSA) is 88.6 Å². The SMILES string of the molecule is O=C(Nc1cnc(N2CCCCC2)nc1)Nc1ccc2c(c1)OCCO2. The van der Waals surface area contributed by atoms with Crippen molar-refractivity contribution in [3.8, 4) is 11.5 Å². The van der Waals surface area contributed by atoms with Gasteiger partial charge in [0.05, 0.1) is 18.1 Å². The van der Waals surface area contributed by atoms with Crippen LogP contribution in [0.3, 0.4) is 0 Å². The van der Waals surface area contributed by atoms with Gasteiger partial charge in [0.15, 0.2) is 11.5 Å². The van der Waals surface area contributed by atoms with E-state index in [2.05, 4.69) is 25.5 Å². The van der Waals surface area contributed by atoms with Crippen LogP contribution in [-0.4, -0.2) is 42.3 Å². The fraction of sp³-hybridized carbons (Fsp3) is 0.389. The molecule has 0 radical (unpaired) electrons. The van der Waals surface area contributed by atoms with Crippen molar-refractivity contribution in [2.24, 2.45) is 0 Å². The van der Waals surface area contributed by atoms with Crippen LogP contribution in [0, 0.1) is 0 Å². The first kappa shape index (κ1) is 16.4. The van der Waals surface area contributed by atoms with Gasteiger partial charge in [-0.1, -0.05) is 0 Å². The number of urea groups is 1. The van der Waals surface area contributed by atoms with E-state index in [1.807, 2.05) is 0 Å². The zero-order valence-corrected chi connectivity index (χ0v) is 14.4. The summed E-state index contributed by atoms with van der Waals surface area (Å²) in [6.45, 7) is 3.01. The largest absolute Gasteiger partial charge is 0.486 e. The van der Waals surface area contributed by atoms with Crippen molar-refractivity contribution in [1.29, 1.82) is 0 Å². The molecule has 26 heavy (non-hydrogen) atoms. The fourth-order valence-corrected chi connectivity index (χ4v) is 3.06. The summed E-state index contributed by atoms with van der Waals surface area (Å²) in [7, 11) is 0. The third kappa shape index (κ3) is 3.79. The predicted molar refractivity (Wildman–Crippen MR) is 98.2 cm³/mol. The zero-order valence-electron chi connectivity index (χ0n) is 14.4. The minimum atomic E-state index is -0.365. The van der Waals surface area contributed by atoms with Crippen molar-refractivity contribution in [3.05, 3.63) is 30.6 Å². The number of ether oxygens (including phenoxy) is 2. The van der Waals surface area contributed by atoms with E-state index in [-0.39, 0.29) is 6.03 Å². The van der Waals surface area contributed by atoms with E-state index in [1.165, 1.54) is 19.3 Å². The van der Waals surface area contributed by atoms with Gasteiger partial charge in [0.25, 0.3) is 0 Å². The van der Waals surface area contributed by atoms with E-state index in [9.17, 15) is 4.79 Å². The van der Waals surface area contributed by atoms with Crippen molar-refractivity contribution in [2.45, 2.75) is 19.3 Å². The van der Waals surface area contributed by atoms with E-state index >= 15 is 0 Å². The molecule has 0 atom stereocenters. The number of hydrogen-bond acceptors (Lipinski definition) is 6. The van der Waals surface area contributed by atoms with Crippen LogP contribution in [0.2, 0.25) is 0 Å². The normalized spacial score (nSPS) is 16.1. The molecule has 0 unspecified atom stereocenters. The standard InChI is InChI=1S/C18H21N5O3/c24-18(21-13-4-5-15-16(10-13)26-9-8-25-15)22-14-11-19-17(20-12-14)23-6-2-1-3-7-23/h4-5,10-12H,1-3,6-9H2,(H2,21,22,24). The summed E-state index contributed by atoms with van der Waals surface area (Å²) in [5.41, 5.74) is 1.17. The lowest BCUT2D eigenvalue weighted by Crippen LogP contribution is -2.31. The first-order valence-corrected chi connectivity index (χ1v) is 8.82. The van der Waals surface area contributed by atoms with Crippen LogP contribution < -0.4 is 25.0 Å². The summed E-state index contributed by atoms with van der Waals surface area (Å²) in [4.78, 5) is 23.1. The van der Waals surface area contributed by atoms with Gasteiger partial charge in [-0.05, 0) is 31.4 Å². The van der Waals surface area contributed by atoms with Gasteiger partial charge in [-0.15, -0.1) is 0 Å². The lowest BCUT2D eigenvalue weighted by molar-refractivity contribution is 0.171. The van der Waals surface area contributed by atoms with Crippen LogP contribution in [0.5, 0.6) is 11.5 Å². The number of carbonyl (C=O) groups is 1. The van der Waals surface area contributed by atoms with E-state index in [4.69, 9.17) is 9.47 Å². The van der Waals surface area contributed by atoms with Crippen LogP contribution in [0.15, 0.2) is 30.6 Å². The molecule has 2 aliphatic rings. The Labute approximate surface area is 151 Å². The van der Waals surface area contributed by atoms with Gasteiger partial charge in [-0.2, -0.15) is 0 Å². The number of benzene rings is 1. The highest BCUT2D eigenvalue weighted by atomic mass is 16.6. The van der Waals surface area contributed by atoms with Gasteiger partial charge < -0.3 is 25.0 Å². The summed E-state index contributed by atoms with van der Waals surface area (Å²) in [5.74, 6) is 2.02. The molecular formula is C18H21N5O3. The smallest absolute Gasteiger partial charge is 0.323 e. The number of piperidine rings is 1. The molecule has 2 N–H and O–H groups in total. The molecule has 1 aromatic carbocycles. The second-order valence-corrected chi connectivity index (χ2v) is 6.26. The van der Waals surface area contributed by atoms with Gasteiger partial charge in [-0.3, -0.25) is 0 Å². The molecule has 1 fully saturated rings. The van der Waals surface area contributed by atoms with E-state index in [0.717, 1.165) is 13.1 Å². The van der Waals surface area contributed by atoms with Crippen molar-refractivity contribution in [2.75, 3.05) is 41.8 Å². The quantitative estimate of drug-likeness (QED) is 0.880. The molecule has 8 nitrogen and oxygen atoms in total. The average molecular weight is 355 g/mol. The molecule has 1 saturated heterocycles.